The predicted molar refractivity (Wildman–Crippen MR) is 132 cm³/mol. The number of aromatic nitrogens is 2. The van der Waals surface area contributed by atoms with E-state index in [9.17, 15) is 22.8 Å². The third-order valence-corrected chi connectivity index (χ3v) is 7.14. The minimum atomic E-state index is -4.00. The minimum Gasteiger partial charge on any atom is -0.271 e. The number of amides is 2. The molecule has 0 unspecified atom stereocenters. The minimum absolute atomic E-state index is 0.0422. The zero-order valence-electron chi connectivity index (χ0n) is 20.2. The number of nitrogens with zero attached hydrogens (tertiary/aromatic N) is 2. The number of hydrazine groups is 1. The van der Waals surface area contributed by atoms with E-state index in [1.54, 1.807) is 58.0 Å². The highest BCUT2D eigenvalue weighted by molar-refractivity contribution is 7.89. The summed E-state index contributed by atoms with van der Waals surface area (Å²) in [6, 6.07) is 10.1. The average molecular weight is 500 g/mol. The van der Waals surface area contributed by atoms with Gasteiger partial charge in [-0.1, -0.05) is 38.1 Å². The number of hydrogen-bond acceptors (Lipinski definition) is 6. The van der Waals surface area contributed by atoms with Crippen molar-refractivity contribution in [2.45, 2.75) is 52.1 Å². The molecule has 2 amide bonds. The van der Waals surface area contributed by atoms with Crippen molar-refractivity contribution < 1.29 is 18.0 Å². The van der Waals surface area contributed by atoms with Gasteiger partial charge in [-0.3, -0.25) is 25.2 Å². The third kappa shape index (κ3) is 5.57. The zero-order valence-corrected chi connectivity index (χ0v) is 21.1. The molecule has 0 saturated carbocycles. The van der Waals surface area contributed by atoms with Gasteiger partial charge in [0.1, 0.15) is 6.04 Å². The van der Waals surface area contributed by atoms with Gasteiger partial charge in [0.2, 0.25) is 10.0 Å². The fraction of sp³-hybridized carbons (Fsp3) is 0.333. The molecule has 0 aliphatic heterocycles. The maximum Gasteiger partial charge on any atom is 0.290 e. The second-order valence-corrected chi connectivity index (χ2v) is 10.3. The van der Waals surface area contributed by atoms with Gasteiger partial charge in [-0.2, -0.15) is 9.82 Å². The van der Waals surface area contributed by atoms with Gasteiger partial charge in [0, 0.05) is 11.9 Å². The fourth-order valence-corrected chi connectivity index (χ4v) is 4.91. The molecule has 11 heteroatoms. The van der Waals surface area contributed by atoms with Crippen LogP contribution in [0, 0.1) is 19.8 Å². The molecule has 0 spiro atoms. The van der Waals surface area contributed by atoms with Crippen molar-refractivity contribution in [3.05, 3.63) is 69.6 Å². The van der Waals surface area contributed by atoms with Gasteiger partial charge in [-0.15, -0.1) is 0 Å². The Kier molecular flexibility index (Phi) is 7.71. The Hall–Kier alpha value is -3.57. The summed E-state index contributed by atoms with van der Waals surface area (Å²) in [5.74, 6) is -1.90. The molecule has 2 aromatic carbocycles. The van der Waals surface area contributed by atoms with Crippen LogP contribution >= 0.6 is 0 Å². The van der Waals surface area contributed by atoms with Crippen LogP contribution in [0.15, 0.2) is 52.2 Å². The van der Waals surface area contributed by atoms with Gasteiger partial charge in [-0.25, -0.2) is 13.1 Å². The van der Waals surface area contributed by atoms with Crippen LogP contribution in [0.1, 0.15) is 42.4 Å². The topological polar surface area (TPSA) is 139 Å². The molecule has 1 atom stereocenters. The Bertz CT molecular complexity index is 1450. The molecule has 0 radical (unpaired) electrons. The van der Waals surface area contributed by atoms with Crippen LogP contribution in [0.25, 0.3) is 10.8 Å². The van der Waals surface area contributed by atoms with Crippen molar-refractivity contribution in [2.24, 2.45) is 5.92 Å². The number of carbonyl (C=O) groups is 2. The van der Waals surface area contributed by atoms with E-state index in [2.05, 4.69) is 20.7 Å². The smallest absolute Gasteiger partial charge is 0.271 e. The Labute approximate surface area is 203 Å². The lowest BCUT2D eigenvalue weighted by molar-refractivity contribution is -0.124. The van der Waals surface area contributed by atoms with E-state index >= 15 is 0 Å². The first-order valence-electron chi connectivity index (χ1n) is 11.2. The summed E-state index contributed by atoms with van der Waals surface area (Å²) < 4.78 is 29.4. The molecule has 10 nitrogen and oxygen atoms in total. The Morgan fingerprint density at radius 1 is 1.00 bits per heavy atom. The molecular weight excluding hydrogens is 470 g/mol. The number of fused-ring (bicyclic) bond motifs is 1. The number of hydrogen-bond donors (Lipinski definition) is 3. The summed E-state index contributed by atoms with van der Waals surface area (Å²) in [5.41, 5.74) is 5.95. The van der Waals surface area contributed by atoms with Crippen molar-refractivity contribution in [3.63, 3.8) is 0 Å². The fourth-order valence-electron chi connectivity index (χ4n) is 3.48. The number of sulfonamides is 1. The average Bonchev–Trinajstić information content (AvgIpc) is 2.82. The summed E-state index contributed by atoms with van der Waals surface area (Å²) in [6.45, 7) is 9.02. The van der Waals surface area contributed by atoms with E-state index < -0.39 is 33.8 Å². The van der Waals surface area contributed by atoms with E-state index in [1.165, 1.54) is 12.1 Å². The van der Waals surface area contributed by atoms with Gasteiger partial charge in [0.05, 0.1) is 10.3 Å². The van der Waals surface area contributed by atoms with Crippen LogP contribution in [-0.2, 0) is 21.4 Å². The summed E-state index contributed by atoms with van der Waals surface area (Å²) in [6.07, 6.45) is 0. The predicted octanol–water partition coefficient (Wildman–Crippen LogP) is 1.80. The number of carbonyl (C=O) groups excluding carboxylic acids is 2. The van der Waals surface area contributed by atoms with Gasteiger partial charge >= 0.3 is 0 Å². The maximum absolute atomic E-state index is 12.9. The van der Waals surface area contributed by atoms with Gasteiger partial charge in [0.15, 0.2) is 5.69 Å². The van der Waals surface area contributed by atoms with Crippen molar-refractivity contribution in [1.29, 1.82) is 0 Å². The van der Waals surface area contributed by atoms with Crippen LogP contribution in [0.3, 0.4) is 0 Å². The molecule has 1 aromatic heterocycles. The van der Waals surface area contributed by atoms with Crippen molar-refractivity contribution in [2.75, 3.05) is 0 Å². The highest BCUT2D eigenvalue weighted by Gasteiger charge is 2.29. The number of rotatable bonds is 7. The molecule has 3 N–H and O–H groups in total. The lowest BCUT2D eigenvalue weighted by Crippen LogP contribution is -2.54. The molecule has 0 saturated heterocycles. The summed E-state index contributed by atoms with van der Waals surface area (Å²) in [7, 11) is -4.00. The second kappa shape index (κ2) is 10.4. The zero-order chi connectivity index (χ0) is 25.9. The molecule has 3 aromatic rings. The summed E-state index contributed by atoms with van der Waals surface area (Å²) >= 11 is 0. The largest absolute Gasteiger partial charge is 0.290 e. The molecule has 35 heavy (non-hydrogen) atoms. The van der Waals surface area contributed by atoms with E-state index in [0.717, 1.165) is 15.8 Å². The molecule has 0 fully saturated rings. The van der Waals surface area contributed by atoms with Crippen LogP contribution < -0.4 is 21.1 Å². The van der Waals surface area contributed by atoms with Gasteiger partial charge in [-0.05, 0) is 56.0 Å². The Morgan fingerprint density at radius 2 is 1.66 bits per heavy atom. The summed E-state index contributed by atoms with van der Waals surface area (Å²) in [5, 5.41) is 4.78. The number of nitrogens with one attached hydrogen (secondary N) is 3. The van der Waals surface area contributed by atoms with E-state index in [-0.39, 0.29) is 22.7 Å². The lowest BCUT2D eigenvalue weighted by Gasteiger charge is -2.22. The first-order valence-corrected chi connectivity index (χ1v) is 12.6. The monoisotopic (exact) mass is 499 g/mol. The first kappa shape index (κ1) is 26.0. The standard InChI is InChI=1S/C24H29N5O5S/c1-6-29-24(32)19-10-8-7-9-18(19)21(27-29)23(31)26-25-22(30)20(14(2)3)28-35(33,34)17-12-11-15(4)16(5)13-17/h7-14,20,28H,6H2,1-5H3,(H,25,30)(H,26,31)/t20-/m1/s1. The Morgan fingerprint density at radius 3 is 2.26 bits per heavy atom. The number of benzene rings is 2. The summed E-state index contributed by atoms with van der Waals surface area (Å²) in [4.78, 5) is 38.3. The third-order valence-electron chi connectivity index (χ3n) is 5.70. The van der Waals surface area contributed by atoms with Crippen molar-refractivity contribution in [3.8, 4) is 0 Å². The lowest BCUT2D eigenvalue weighted by atomic mass is 10.1. The van der Waals surface area contributed by atoms with Crippen molar-refractivity contribution >= 4 is 32.6 Å². The van der Waals surface area contributed by atoms with Crippen LogP contribution in [0.5, 0.6) is 0 Å². The SMILES string of the molecule is CCn1nc(C(=O)NNC(=O)[C@H](NS(=O)(=O)c2ccc(C)c(C)c2)C(C)C)c2ccccc2c1=O. The second-order valence-electron chi connectivity index (χ2n) is 8.55. The molecule has 186 valence electrons. The molecule has 0 bridgehead atoms. The van der Waals surface area contributed by atoms with E-state index in [0.29, 0.717) is 10.8 Å². The van der Waals surface area contributed by atoms with Crippen LogP contribution in [-0.4, -0.2) is 36.1 Å². The van der Waals surface area contributed by atoms with E-state index in [4.69, 9.17) is 0 Å². The molecule has 1 heterocycles. The van der Waals surface area contributed by atoms with Crippen LogP contribution in [0.4, 0.5) is 0 Å². The quantitative estimate of drug-likeness (QED) is 0.424. The number of aryl methyl sites for hydroxylation is 3. The first-order chi connectivity index (χ1) is 16.5. The van der Waals surface area contributed by atoms with Gasteiger partial charge < -0.3 is 0 Å². The van der Waals surface area contributed by atoms with Crippen LogP contribution in [0.2, 0.25) is 0 Å². The highest BCUT2D eigenvalue weighted by Crippen LogP contribution is 2.17. The maximum atomic E-state index is 12.9. The highest BCUT2D eigenvalue weighted by atomic mass is 32.2. The van der Waals surface area contributed by atoms with E-state index in [1.807, 2.05) is 6.92 Å². The molecule has 0 aliphatic carbocycles. The normalized spacial score (nSPS) is 12.5. The molecule has 0 aliphatic rings. The molecular formula is C24H29N5O5S. The van der Waals surface area contributed by atoms with Gasteiger partial charge in [0.25, 0.3) is 17.4 Å². The van der Waals surface area contributed by atoms with Crippen molar-refractivity contribution in [1.82, 2.24) is 25.4 Å². The Balaban J connectivity index is 1.80. The molecule has 3 rings (SSSR count).